The smallest absolute Gasteiger partial charge is 0.297 e. The Morgan fingerprint density at radius 2 is 1.95 bits per heavy atom. The summed E-state index contributed by atoms with van der Waals surface area (Å²) in [6, 6.07) is 6.90. The molecule has 1 aliphatic heterocycles. The number of ether oxygens (including phenoxy) is 1. The van der Waals surface area contributed by atoms with E-state index in [0.717, 1.165) is 12.0 Å². The van der Waals surface area contributed by atoms with E-state index in [2.05, 4.69) is 13.8 Å². The topological polar surface area (TPSA) is 55.9 Å². The molecule has 1 aromatic rings. The van der Waals surface area contributed by atoms with Gasteiger partial charge < -0.3 is 4.74 Å². The summed E-state index contributed by atoms with van der Waals surface area (Å²) in [6.45, 7) is 6.67. The summed E-state index contributed by atoms with van der Waals surface area (Å²) in [5.74, 6) is 0.427. The fraction of sp³-hybridized carbons (Fsp3) is 0.571. The fourth-order valence-electron chi connectivity index (χ4n) is 1.68. The first-order chi connectivity index (χ1) is 8.86. The Labute approximate surface area is 114 Å². The van der Waals surface area contributed by atoms with Gasteiger partial charge in [0.15, 0.2) is 0 Å². The van der Waals surface area contributed by atoms with Crippen molar-refractivity contribution in [2.45, 2.75) is 43.6 Å². The van der Waals surface area contributed by atoms with Gasteiger partial charge in [-0.15, -0.1) is 0 Å². The highest BCUT2D eigenvalue weighted by Crippen LogP contribution is 2.28. The number of hydrogen-bond donors (Lipinski definition) is 0. The van der Waals surface area contributed by atoms with E-state index in [1.54, 1.807) is 12.1 Å². The highest BCUT2D eigenvalue weighted by atomic mass is 32.2. The molecule has 0 bridgehead atoms. The normalized spacial score (nSPS) is 24.2. The first-order valence-electron chi connectivity index (χ1n) is 6.50. The molecule has 19 heavy (non-hydrogen) atoms. The number of hydrogen-bond acceptors (Lipinski definition) is 4. The molecule has 1 aliphatic rings. The third kappa shape index (κ3) is 3.55. The molecule has 0 aromatic heterocycles. The Hall–Kier alpha value is -0.910. The summed E-state index contributed by atoms with van der Waals surface area (Å²) in [5, 5.41) is 0. The van der Waals surface area contributed by atoms with E-state index in [4.69, 9.17) is 8.92 Å². The third-order valence-corrected chi connectivity index (χ3v) is 4.78. The Bertz CT molecular complexity index is 529. The summed E-state index contributed by atoms with van der Waals surface area (Å²) in [6.07, 6.45) is 1.03. The van der Waals surface area contributed by atoms with Gasteiger partial charge in [-0.2, -0.15) is 8.42 Å². The summed E-state index contributed by atoms with van der Waals surface area (Å²) in [5.41, 5.74) is 0.711. The van der Waals surface area contributed by atoms with E-state index in [1.165, 1.54) is 0 Å². The van der Waals surface area contributed by atoms with Crippen LogP contribution in [0, 0.1) is 0 Å². The second-order valence-corrected chi connectivity index (χ2v) is 6.95. The van der Waals surface area contributed by atoms with Crippen molar-refractivity contribution in [2.24, 2.45) is 0 Å². The van der Waals surface area contributed by atoms with Crippen LogP contribution >= 0.6 is 0 Å². The SMILES string of the molecule is CCC(C)c1ccc(S(=O)(=O)OCC2(C)CO2)cc1. The molecule has 0 aliphatic carbocycles. The average molecular weight is 284 g/mol. The summed E-state index contributed by atoms with van der Waals surface area (Å²) in [4.78, 5) is 0.198. The van der Waals surface area contributed by atoms with E-state index in [9.17, 15) is 8.42 Å². The molecular formula is C14H20O4S. The quantitative estimate of drug-likeness (QED) is 0.595. The van der Waals surface area contributed by atoms with Gasteiger partial charge in [0.1, 0.15) is 5.60 Å². The van der Waals surface area contributed by atoms with Crippen LogP contribution in [-0.2, 0) is 19.0 Å². The second-order valence-electron chi connectivity index (χ2n) is 5.33. The van der Waals surface area contributed by atoms with Crippen molar-refractivity contribution in [3.8, 4) is 0 Å². The van der Waals surface area contributed by atoms with Crippen LogP contribution in [-0.4, -0.2) is 27.2 Å². The molecule has 1 heterocycles. The van der Waals surface area contributed by atoms with E-state index in [0.29, 0.717) is 12.5 Å². The van der Waals surface area contributed by atoms with Crippen LogP contribution < -0.4 is 0 Å². The maximum absolute atomic E-state index is 12.0. The van der Waals surface area contributed by atoms with Gasteiger partial charge in [-0.1, -0.05) is 26.0 Å². The summed E-state index contributed by atoms with van der Waals surface area (Å²) < 4.78 is 34.1. The monoisotopic (exact) mass is 284 g/mol. The van der Waals surface area contributed by atoms with Gasteiger partial charge in [-0.05, 0) is 37.0 Å². The summed E-state index contributed by atoms with van der Waals surface area (Å²) in [7, 11) is -3.68. The van der Waals surface area contributed by atoms with Crippen molar-refractivity contribution in [2.75, 3.05) is 13.2 Å². The van der Waals surface area contributed by atoms with Crippen molar-refractivity contribution in [3.63, 3.8) is 0 Å². The van der Waals surface area contributed by atoms with Gasteiger partial charge in [-0.3, -0.25) is 4.18 Å². The molecule has 1 fully saturated rings. The van der Waals surface area contributed by atoms with Crippen LogP contribution in [0.1, 0.15) is 38.7 Å². The molecule has 106 valence electrons. The predicted octanol–water partition coefficient (Wildman–Crippen LogP) is 2.69. The zero-order valence-electron chi connectivity index (χ0n) is 11.5. The van der Waals surface area contributed by atoms with Crippen molar-refractivity contribution >= 4 is 10.1 Å². The molecule has 2 unspecified atom stereocenters. The van der Waals surface area contributed by atoms with Gasteiger partial charge in [-0.25, -0.2) is 0 Å². The molecule has 5 heteroatoms. The van der Waals surface area contributed by atoms with Crippen LogP contribution in [0.2, 0.25) is 0 Å². The maximum atomic E-state index is 12.0. The second kappa shape index (κ2) is 5.23. The van der Waals surface area contributed by atoms with Crippen LogP contribution in [0.5, 0.6) is 0 Å². The lowest BCUT2D eigenvalue weighted by molar-refractivity contribution is 0.207. The Kier molecular flexibility index (Phi) is 3.99. The molecule has 0 amide bonds. The standard InChI is InChI=1S/C14H20O4S/c1-4-11(2)12-5-7-13(8-6-12)19(15,16)18-10-14(3)9-17-14/h5-8,11H,4,9-10H2,1-3H3. The molecular weight excluding hydrogens is 264 g/mol. The highest BCUT2D eigenvalue weighted by molar-refractivity contribution is 7.86. The molecule has 0 spiro atoms. The van der Waals surface area contributed by atoms with Gasteiger partial charge in [0.2, 0.25) is 0 Å². The highest BCUT2D eigenvalue weighted by Gasteiger charge is 2.41. The lowest BCUT2D eigenvalue weighted by Crippen LogP contribution is -2.18. The Morgan fingerprint density at radius 1 is 1.37 bits per heavy atom. The minimum Gasteiger partial charge on any atom is -0.367 e. The minimum absolute atomic E-state index is 0.0719. The van der Waals surface area contributed by atoms with E-state index in [-0.39, 0.29) is 11.5 Å². The number of benzene rings is 1. The van der Waals surface area contributed by atoms with Gasteiger partial charge in [0.05, 0.1) is 18.1 Å². The molecule has 4 nitrogen and oxygen atoms in total. The third-order valence-electron chi connectivity index (χ3n) is 3.51. The first-order valence-corrected chi connectivity index (χ1v) is 7.90. The van der Waals surface area contributed by atoms with Gasteiger partial charge >= 0.3 is 0 Å². The zero-order valence-corrected chi connectivity index (χ0v) is 12.4. The molecule has 2 rings (SSSR count). The predicted molar refractivity (Wildman–Crippen MR) is 72.6 cm³/mol. The first kappa shape index (κ1) is 14.5. The molecule has 1 aromatic carbocycles. The average Bonchev–Trinajstić information content (AvgIpc) is 3.14. The minimum atomic E-state index is -3.68. The number of rotatable bonds is 6. The molecule has 1 saturated heterocycles. The fourth-order valence-corrected chi connectivity index (χ4v) is 2.69. The Balaban J connectivity index is 2.07. The number of epoxide rings is 1. The molecule has 0 saturated carbocycles. The van der Waals surface area contributed by atoms with E-state index >= 15 is 0 Å². The maximum Gasteiger partial charge on any atom is 0.297 e. The van der Waals surface area contributed by atoms with Crippen molar-refractivity contribution in [3.05, 3.63) is 29.8 Å². The van der Waals surface area contributed by atoms with Crippen LogP contribution in [0.15, 0.2) is 29.2 Å². The lowest BCUT2D eigenvalue weighted by Gasteiger charge is -2.11. The largest absolute Gasteiger partial charge is 0.367 e. The van der Waals surface area contributed by atoms with Crippen LogP contribution in [0.3, 0.4) is 0 Å². The lowest BCUT2D eigenvalue weighted by atomic mass is 9.99. The summed E-state index contributed by atoms with van der Waals surface area (Å²) >= 11 is 0. The van der Waals surface area contributed by atoms with E-state index in [1.807, 2.05) is 19.1 Å². The van der Waals surface area contributed by atoms with Crippen molar-refractivity contribution in [1.29, 1.82) is 0 Å². The zero-order chi connectivity index (χ0) is 14.1. The molecule has 0 N–H and O–H groups in total. The molecule has 2 atom stereocenters. The molecule has 0 radical (unpaired) electrons. The van der Waals surface area contributed by atoms with E-state index < -0.39 is 15.7 Å². The van der Waals surface area contributed by atoms with Crippen molar-refractivity contribution < 1.29 is 17.3 Å². The van der Waals surface area contributed by atoms with Crippen LogP contribution in [0.4, 0.5) is 0 Å². The van der Waals surface area contributed by atoms with Gasteiger partial charge in [0.25, 0.3) is 10.1 Å². The van der Waals surface area contributed by atoms with Crippen molar-refractivity contribution in [1.82, 2.24) is 0 Å². The Morgan fingerprint density at radius 3 is 2.42 bits per heavy atom. The van der Waals surface area contributed by atoms with Gasteiger partial charge in [0, 0.05) is 0 Å². The van der Waals surface area contributed by atoms with Crippen LogP contribution in [0.25, 0.3) is 0 Å².